The summed E-state index contributed by atoms with van der Waals surface area (Å²) in [7, 11) is 1.52. The lowest BCUT2D eigenvalue weighted by molar-refractivity contribution is -0.158. The van der Waals surface area contributed by atoms with Crippen LogP contribution < -0.4 is 10.2 Å². The van der Waals surface area contributed by atoms with Crippen LogP contribution in [0.5, 0.6) is 0 Å². The summed E-state index contributed by atoms with van der Waals surface area (Å²) in [5.74, 6) is 1.72. The molecule has 1 saturated carbocycles. The molecule has 2 aromatic heterocycles. The fourth-order valence-electron chi connectivity index (χ4n) is 4.93. The van der Waals surface area contributed by atoms with Crippen molar-refractivity contribution in [3.8, 4) is 0 Å². The number of thiazole rings is 1. The van der Waals surface area contributed by atoms with Crippen LogP contribution in [0, 0.1) is 18.3 Å². The minimum Gasteiger partial charge on any atom is -0.469 e. The first-order valence-electron chi connectivity index (χ1n) is 10.5. The molecule has 156 valence electrons. The first-order valence-corrected chi connectivity index (χ1v) is 11.3. The van der Waals surface area contributed by atoms with E-state index in [2.05, 4.69) is 20.2 Å². The zero-order chi connectivity index (χ0) is 20.3. The summed E-state index contributed by atoms with van der Waals surface area (Å²) < 4.78 is 5.32. The standard InChI is InChI=1S/C21H29N5O2S/c1-15-13-17(25-20-22-10-12-29-20)24-19(23-15)26-11-6-9-21(14-26,18(27)28-2)16-7-4-3-5-8-16/h10,12-13,16H,3-9,11,14H2,1-2H3,(H,22,23,24,25). The van der Waals surface area contributed by atoms with Crippen LogP contribution in [-0.4, -0.2) is 41.1 Å². The first kappa shape index (κ1) is 20.1. The van der Waals surface area contributed by atoms with E-state index in [0.29, 0.717) is 18.4 Å². The molecular weight excluding hydrogens is 386 g/mol. The van der Waals surface area contributed by atoms with Gasteiger partial charge < -0.3 is 15.0 Å². The number of esters is 1. The zero-order valence-electron chi connectivity index (χ0n) is 17.2. The number of aryl methyl sites for hydroxylation is 1. The number of carbonyl (C=O) groups is 1. The molecular formula is C21H29N5O2S. The highest BCUT2D eigenvalue weighted by molar-refractivity contribution is 7.13. The van der Waals surface area contributed by atoms with E-state index in [1.165, 1.54) is 37.7 Å². The maximum atomic E-state index is 13.0. The van der Waals surface area contributed by atoms with E-state index in [4.69, 9.17) is 9.72 Å². The average Bonchev–Trinajstić information content (AvgIpc) is 3.26. The van der Waals surface area contributed by atoms with Crippen molar-refractivity contribution in [2.24, 2.45) is 11.3 Å². The molecule has 1 aliphatic carbocycles. The van der Waals surface area contributed by atoms with Crippen LogP contribution in [-0.2, 0) is 9.53 Å². The Hall–Kier alpha value is -2.22. The Bertz CT molecular complexity index is 838. The molecule has 2 fully saturated rings. The van der Waals surface area contributed by atoms with Gasteiger partial charge in [0.15, 0.2) is 5.13 Å². The summed E-state index contributed by atoms with van der Waals surface area (Å²) in [5.41, 5.74) is 0.435. The molecule has 0 radical (unpaired) electrons. The number of ether oxygens (including phenoxy) is 1. The monoisotopic (exact) mass is 415 g/mol. The minimum absolute atomic E-state index is 0.0668. The van der Waals surface area contributed by atoms with Gasteiger partial charge in [0.1, 0.15) is 5.82 Å². The summed E-state index contributed by atoms with van der Waals surface area (Å²) in [5, 5.41) is 5.99. The smallest absolute Gasteiger partial charge is 0.313 e. The number of rotatable bonds is 5. The number of hydrogen-bond acceptors (Lipinski definition) is 8. The van der Waals surface area contributed by atoms with E-state index in [0.717, 1.165) is 48.9 Å². The summed E-state index contributed by atoms with van der Waals surface area (Å²) in [4.78, 5) is 28.9. The van der Waals surface area contributed by atoms with Gasteiger partial charge in [0, 0.05) is 36.4 Å². The molecule has 8 heteroatoms. The quantitative estimate of drug-likeness (QED) is 0.728. The fraction of sp³-hybridized carbons (Fsp3) is 0.619. The van der Waals surface area contributed by atoms with Crippen LogP contribution in [0.1, 0.15) is 50.6 Å². The van der Waals surface area contributed by atoms with Crippen molar-refractivity contribution in [3.05, 3.63) is 23.3 Å². The number of nitrogens with zero attached hydrogens (tertiary/aromatic N) is 4. The largest absolute Gasteiger partial charge is 0.469 e. The van der Waals surface area contributed by atoms with Crippen LogP contribution in [0.3, 0.4) is 0 Å². The Morgan fingerprint density at radius 1 is 1.28 bits per heavy atom. The van der Waals surface area contributed by atoms with E-state index in [1.807, 2.05) is 18.4 Å². The molecule has 1 unspecified atom stereocenters. The lowest BCUT2D eigenvalue weighted by Gasteiger charge is -2.46. The number of anilines is 3. The molecule has 1 N–H and O–H groups in total. The second kappa shape index (κ2) is 8.65. The van der Waals surface area contributed by atoms with Crippen molar-refractivity contribution < 1.29 is 9.53 Å². The van der Waals surface area contributed by atoms with E-state index in [-0.39, 0.29) is 5.97 Å². The predicted octanol–water partition coefficient (Wildman–Crippen LogP) is 4.33. The molecule has 0 amide bonds. The second-order valence-electron chi connectivity index (χ2n) is 8.16. The molecule has 1 saturated heterocycles. The molecule has 0 aromatic carbocycles. The highest BCUT2D eigenvalue weighted by Gasteiger charge is 2.49. The third-order valence-corrected chi connectivity index (χ3v) is 6.98. The lowest BCUT2D eigenvalue weighted by Crippen LogP contribution is -2.53. The Morgan fingerprint density at radius 3 is 2.83 bits per heavy atom. The molecule has 2 aromatic rings. The van der Waals surface area contributed by atoms with Crippen LogP contribution in [0.2, 0.25) is 0 Å². The number of piperidine rings is 1. The summed E-state index contributed by atoms with van der Waals surface area (Å²) >= 11 is 1.53. The third-order valence-electron chi connectivity index (χ3n) is 6.30. The normalized spacial score (nSPS) is 23.0. The maximum Gasteiger partial charge on any atom is 0.313 e. The van der Waals surface area contributed by atoms with E-state index in [9.17, 15) is 4.79 Å². The zero-order valence-corrected chi connectivity index (χ0v) is 18.0. The van der Waals surface area contributed by atoms with Gasteiger partial charge in [-0.15, -0.1) is 11.3 Å². The van der Waals surface area contributed by atoms with Crippen LogP contribution in [0.4, 0.5) is 16.9 Å². The number of hydrogen-bond donors (Lipinski definition) is 1. The third kappa shape index (κ3) is 4.22. The average molecular weight is 416 g/mol. The van der Waals surface area contributed by atoms with Gasteiger partial charge in [-0.2, -0.15) is 4.98 Å². The van der Waals surface area contributed by atoms with Gasteiger partial charge >= 0.3 is 5.97 Å². The van der Waals surface area contributed by atoms with Crippen molar-refractivity contribution in [2.75, 3.05) is 30.4 Å². The molecule has 0 spiro atoms. The van der Waals surface area contributed by atoms with Crippen molar-refractivity contribution in [3.63, 3.8) is 0 Å². The summed E-state index contributed by atoms with van der Waals surface area (Å²) in [6.07, 6.45) is 9.47. The molecule has 1 aliphatic heterocycles. The number of aromatic nitrogens is 3. The number of nitrogens with one attached hydrogen (secondary N) is 1. The van der Waals surface area contributed by atoms with Crippen molar-refractivity contribution in [1.29, 1.82) is 0 Å². The van der Waals surface area contributed by atoms with E-state index in [1.54, 1.807) is 6.20 Å². The second-order valence-corrected chi connectivity index (χ2v) is 9.06. The molecule has 1 atom stereocenters. The Morgan fingerprint density at radius 2 is 2.10 bits per heavy atom. The topological polar surface area (TPSA) is 80.2 Å². The SMILES string of the molecule is COC(=O)C1(C2CCCCC2)CCCN(c2nc(C)cc(Nc3nccs3)n2)C1. The highest BCUT2D eigenvalue weighted by atomic mass is 32.1. The van der Waals surface area contributed by atoms with Gasteiger partial charge in [0.05, 0.1) is 12.5 Å². The van der Waals surface area contributed by atoms with Gasteiger partial charge in [-0.25, -0.2) is 9.97 Å². The van der Waals surface area contributed by atoms with Gasteiger partial charge in [-0.3, -0.25) is 4.79 Å². The predicted molar refractivity (Wildman–Crippen MR) is 115 cm³/mol. The molecule has 29 heavy (non-hydrogen) atoms. The molecule has 0 bridgehead atoms. The van der Waals surface area contributed by atoms with Crippen molar-refractivity contribution in [2.45, 2.75) is 51.9 Å². The van der Waals surface area contributed by atoms with Gasteiger partial charge in [0.2, 0.25) is 5.95 Å². The van der Waals surface area contributed by atoms with Crippen molar-refractivity contribution >= 4 is 34.2 Å². The molecule has 7 nitrogen and oxygen atoms in total. The molecule has 2 aliphatic rings. The summed E-state index contributed by atoms with van der Waals surface area (Å²) in [6, 6.07) is 1.92. The van der Waals surface area contributed by atoms with Crippen LogP contribution in [0.15, 0.2) is 17.6 Å². The van der Waals surface area contributed by atoms with Gasteiger partial charge in [0.25, 0.3) is 0 Å². The number of methoxy groups -OCH3 is 1. The molecule has 3 heterocycles. The maximum absolute atomic E-state index is 13.0. The fourth-order valence-corrected chi connectivity index (χ4v) is 5.47. The van der Waals surface area contributed by atoms with Gasteiger partial charge in [-0.1, -0.05) is 19.3 Å². The van der Waals surface area contributed by atoms with Crippen LogP contribution >= 0.6 is 11.3 Å². The first-order chi connectivity index (χ1) is 14.1. The Balaban J connectivity index is 1.61. The lowest BCUT2D eigenvalue weighted by atomic mass is 9.64. The van der Waals surface area contributed by atoms with Crippen molar-refractivity contribution in [1.82, 2.24) is 15.0 Å². The molecule has 4 rings (SSSR count). The number of carbonyl (C=O) groups excluding carboxylic acids is 1. The van der Waals surface area contributed by atoms with E-state index >= 15 is 0 Å². The Kier molecular flexibility index (Phi) is 5.99. The van der Waals surface area contributed by atoms with Gasteiger partial charge in [-0.05, 0) is 38.5 Å². The Labute approximate surface area is 175 Å². The minimum atomic E-state index is -0.455. The van der Waals surface area contributed by atoms with E-state index < -0.39 is 5.41 Å². The van der Waals surface area contributed by atoms with Crippen LogP contribution in [0.25, 0.3) is 0 Å². The highest BCUT2D eigenvalue weighted by Crippen LogP contribution is 2.46. The summed E-state index contributed by atoms with van der Waals surface area (Å²) in [6.45, 7) is 3.45.